The van der Waals surface area contributed by atoms with E-state index >= 15 is 0 Å². The number of hydrogen-bond acceptors (Lipinski definition) is 5. The standard InChI is InChI=1S/C32H45N5/c1-31(2,25-32(3,4)18-21-37(34)24-30(33)28-15-10-19-35-23-28)17-11-20-36-22-27-14-8-9-16-29(27)26-12-6-5-7-13-26/h5-10,12-16,19,23-24,36H,11,17-18,20-22,25,33-34H2,1-4H3/b30-24-. The van der Waals surface area contributed by atoms with Crippen molar-refractivity contribution in [3.8, 4) is 11.1 Å². The molecule has 198 valence electrons. The second kappa shape index (κ2) is 13.4. The van der Waals surface area contributed by atoms with Crippen LogP contribution in [0.15, 0.2) is 85.3 Å². The summed E-state index contributed by atoms with van der Waals surface area (Å²) in [6.07, 6.45) is 9.78. The molecule has 0 saturated carbocycles. The topological polar surface area (TPSA) is 80.2 Å². The van der Waals surface area contributed by atoms with Gasteiger partial charge in [-0.1, -0.05) is 82.3 Å². The molecule has 0 aliphatic carbocycles. The van der Waals surface area contributed by atoms with Crippen LogP contribution in [0, 0.1) is 10.8 Å². The minimum Gasteiger partial charge on any atom is -0.397 e. The summed E-state index contributed by atoms with van der Waals surface area (Å²) < 4.78 is 0. The van der Waals surface area contributed by atoms with Gasteiger partial charge < -0.3 is 16.1 Å². The Kier molecular flexibility index (Phi) is 10.3. The number of aromatic nitrogens is 1. The van der Waals surface area contributed by atoms with Crippen molar-refractivity contribution in [2.45, 2.75) is 59.9 Å². The van der Waals surface area contributed by atoms with Crippen LogP contribution in [0.5, 0.6) is 0 Å². The van der Waals surface area contributed by atoms with E-state index in [1.54, 1.807) is 23.6 Å². The molecule has 0 amide bonds. The van der Waals surface area contributed by atoms with Gasteiger partial charge in [-0.2, -0.15) is 0 Å². The summed E-state index contributed by atoms with van der Waals surface area (Å²) in [4.78, 5) is 4.12. The summed E-state index contributed by atoms with van der Waals surface area (Å²) >= 11 is 0. The number of benzene rings is 2. The van der Waals surface area contributed by atoms with Gasteiger partial charge in [0.05, 0.1) is 5.70 Å². The van der Waals surface area contributed by atoms with Crippen LogP contribution in [-0.4, -0.2) is 23.1 Å². The average molecular weight is 500 g/mol. The van der Waals surface area contributed by atoms with Crippen LogP contribution in [-0.2, 0) is 6.54 Å². The van der Waals surface area contributed by atoms with Gasteiger partial charge in [0.25, 0.3) is 0 Å². The van der Waals surface area contributed by atoms with Crippen molar-refractivity contribution in [3.05, 3.63) is 96.5 Å². The van der Waals surface area contributed by atoms with E-state index in [2.05, 4.69) is 92.6 Å². The quantitative estimate of drug-likeness (QED) is 0.133. The first-order valence-electron chi connectivity index (χ1n) is 13.4. The molecule has 37 heavy (non-hydrogen) atoms. The van der Waals surface area contributed by atoms with Gasteiger partial charge in [-0.25, -0.2) is 5.84 Å². The zero-order valence-corrected chi connectivity index (χ0v) is 23.1. The van der Waals surface area contributed by atoms with E-state index in [1.165, 1.54) is 23.1 Å². The van der Waals surface area contributed by atoms with Crippen LogP contribution >= 0.6 is 0 Å². The lowest BCUT2D eigenvalue weighted by molar-refractivity contribution is 0.156. The Morgan fingerprint density at radius 2 is 1.62 bits per heavy atom. The van der Waals surface area contributed by atoms with Crippen LogP contribution in [0.3, 0.4) is 0 Å². The molecule has 0 bridgehead atoms. The summed E-state index contributed by atoms with van der Waals surface area (Å²) in [5.74, 6) is 6.24. The van der Waals surface area contributed by atoms with Crippen molar-refractivity contribution in [2.24, 2.45) is 22.4 Å². The third-order valence-corrected chi connectivity index (χ3v) is 6.93. The number of hydrogen-bond donors (Lipinski definition) is 3. The molecule has 0 spiro atoms. The number of nitrogens with one attached hydrogen (secondary N) is 1. The largest absolute Gasteiger partial charge is 0.397 e. The van der Waals surface area contributed by atoms with Crippen molar-refractivity contribution in [1.82, 2.24) is 15.3 Å². The first kappa shape index (κ1) is 28.4. The van der Waals surface area contributed by atoms with E-state index in [4.69, 9.17) is 11.6 Å². The first-order valence-corrected chi connectivity index (χ1v) is 13.4. The Hall–Kier alpha value is -3.15. The number of nitrogens with two attached hydrogens (primary N) is 2. The van der Waals surface area contributed by atoms with Gasteiger partial charge in [0.15, 0.2) is 0 Å². The van der Waals surface area contributed by atoms with Gasteiger partial charge in [-0.3, -0.25) is 4.98 Å². The summed E-state index contributed by atoms with van der Waals surface area (Å²) in [7, 11) is 0. The third-order valence-electron chi connectivity index (χ3n) is 6.93. The molecule has 0 saturated heterocycles. The molecule has 0 aliphatic rings. The molecule has 0 radical (unpaired) electrons. The lowest BCUT2D eigenvalue weighted by atomic mass is 9.71. The number of rotatable bonds is 14. The maximum absolute atomic E-state index is 6.24. The molecule has 0 fully saturated rings. The van der Waals surface area contributed by atoms with E-state index < -0.39 is 0 Å². The molecule has 5 nitrogen and oxygen atoms in total. The van der Waals surface area contributed by atoms with Gasteiger partial charge in [-0.15, -0.1) is 0 Å². The second-order valence-electron chi connectivity index (χ2n) is 11.6. The van der Waals surface area contributed by atoms with Gasteiger partial charge in [0, 0.05) is 37.2 Å². The Morgan fingerprint density at radius 3 is 2.35 bits per heavy atom. The van der Waals surface area contributed by atoms with E-state index in [0.717, 1.165) is 44.5 Å². The van der Waals surface area contributed by atoms with Crippen molar-refractivity contribution in [3.63, 3.8) is 0 Å². The van der Waals surface area contributed by atoms with E-state index in [-0.39, 0.29) is 10.8 Å². The van der Waals surface area contributed by atoms with Crippen LogP contribution in [0.4, 0.5) is 0 Å². The zero-order valence-electron chi connectivity index (χ0n) is 23.1. The highest BCUT2D eigenvalue weighted by atomic mass is 15.4. The minimum absolute atomic E-state index is 0.181. The highest BCUT2D eigenvalue weighted by molar-refractivity contribution is 5.67. The van der Waals surface area contributed by atoms with Crippen molar-refractivity contribution in [1.29, 1.82) is 0 Å². The zero-order chi connectivity index (χ0) is 26.7. The Morgan fingerprint density at radius 1 is 0.919 bits per heavy atom. The molecule has 0 atom stereocenters. The monoisotopic (exact) mass is 499 g/mol. The minimum atomic E-state index is 0.181. The molecule has 2 aromatic carbocycles. The van der Waals surface area contributed by atoms with E-state index in [0.29, 0.717) is 5.70 Å². The highest BCUT2D eigenvalue weighted by Gasteiger charge is 2.28. The molecule has 0 aliphatic heterocycles. The van der Waals surface area contributed by atoms with E-state index in [9.17, 15) is 0 Å². The predicted molar refractivity (Wildman–Crippen MR) is 157 cm³/mol. The predicted octanol–water partition coefficient (Wildman–Crippen LogP) is 6.58. The van der Waals surface area contributed by atoms with Crippen LogP contribution in [0.1, 0.15) is 64.5 Å². The van der Waals surface area contributed by atoms with Crippen LogP contribution < -0.4 is 16.9 Å². The molecule has 5 N–H and O–H groups in total. The van der Waals surface area contributed by atoms with Crippen molar-refractivity contribution >= 4 is 5.70 Å². The van der Waals surface area contributed by atoms with Crippen LogP contribution in [0.2, 0.25) is 0 Å². The SMILES string of the molecule is CC(C)(CCCNCc1ccccc1-c1ccccc1)CC(C)(C)CCN(N)/C=C(\N)c1cccnc1. The Balaban J connectivity index is 1.41. The summed E-state index contributed by atoms with van der Waals surface area (Å²) in [5.41, 5.74) is 12.1. The lowest BCUT2D eigenvalue weighted by Crippen LogP contribution is -2.32. The van der Waals surface area contributed by atoms with Gasteiger partial charge in [0.1, 0.15) is 0 Å². The normalized spacial score (nSPS) is 12.5. The smallest absolute Gasteiger partial charge is 0.0579 e. The van der Waals surface area contributed by atoms with Gasteiger partial charge in [0.2, 0.25) is 0 Å². The second-order valence-corrected chi connectivity index (χ2v) is 11.6. The lowest BCUT2D eigenvalue weighted by Gasteiger charge is -2.36. The van der Waals surface area contributed by atoms with Crippen molar-refractivity contribution < 1.29 is 0 Å². The van der Waals surface area contributed by atoms with Gasteiger partial charge >= 0.3 is 0 Å². The first-order chi connectivity index (χ1) is 17.7. The van der Waals surface area contributed by atoms with Gasteiger partial charge in [-0.05, 0) is 71.9 Å². The average Bonchev–Trinajstić information content (AvgIpc) is 2.88. The molecular weight excluding hydrogens is 454 g/mol. The fraction of sp³-hybridized carbons (Fsp3) is 0.406. The number of hydrazine groups is 1. The van der Waals surface area contributed by atoms with Crippen LogP contribution in [0.25, 0.3) is 16.8 Å². The maximum atomic E-state index is 6.24. The summed E-state index contributed by atoms with van der Waals surface area (Å²) in [6.45, 7) is 12.1. The molecule has 1 heterocycles. The number of nitrogens with zero attached hydrogens (tertiary/aromatic N) is 2. The summed E-state index contributed by atoms with van der Waals surface area (Å²) in [6, 6.07) is 23.1. The molecule has 3 rings (SSSR count). The molecule has 5 heteroatoms. The summed E-state index contributed by atoms with van der Waals surface area (Å²) in [5, 5.41) is 5.38. The fourth-order valence-electron chi connectivity index (χ4n) is 5.24. The van der Waals surface area contributed by atoms with Crippen molar-refractivity contribution in [2.75, 3.05) is 13.1 Å². The Labute approximate surface area is 224 Å². The molecule has 3 aromatic rings. The maximum Gasteiger partial charge on any atom is 0.0579 e. The molecule has 1 aromatic heterocycles. The highest BCUT2D eigenvalue weighted by Crippen LogP contribution is 2.39. The molecular formula is C32H45N5. The fourth-order valence-corrected chi connectivity index (χ4v) is 5.24. The Bertz CT molecular complexity index is 1110. The molecule has 0 unspecified atom stereocenters. The third kappa shape index (κ3) is 9.67. The van der Waals surface area contributed by atoms with E-state index in [1.807, 2.05) is 12.1 Å². The number of pyridine rings is 1.